The predicted molar refractivity (Wildman–Crippen MR) is 64.4 cm³/mol. The molecule has 0 aliphatic heterocycles. The molecule has 0 radical (unpaired) electrons. The quantitative estimate of drug-likeness (QED) is 0.627. The molecule has 1 aliphatic rings. The van der Waals surface area contributed by atoms with Crippen LogP contribution in [0.5, 0.6) is 0 Å². The van der Waals surface area contributed by atoms with Crippen molar-refractivity contribution in [1.29, 1.82) is 0 Å². The second-order valence-electron chi connectivity index (χ2n) is 4.51. The summed E-state index contributed by atoms with van der Waals surface area (Å²) >= 11 is 0. The zero-order chi connectivity index (χ0) is 13.8. The van der Waals surface area contributed by atoms with E-state index in [1.54, 1.807) is 24.3 Å². The van der Waals surface area contributed by atoms with Crippen molar-refractivity contribution in [1.82, 2.24) is 5.06 Å². The van der Waals surface area contributed by atoms with Gasteiger partial charge in [0.25, 0.3) is 0 Å². The second kappa shape index (κ2) is 5.71. The van der Waals surface area contributed by atoms with E-state index < -0.39 is 18.1 Å². The highest BCUT2D eigenvalue weighted by Gasteiger charge is 2.43. The molecular weight excluding hydrogens is 250 g/mol. The van der Waals surface area contributed by atoms with Crippen molar-refractivity contribution in [3.63, 3.8) is 0 Å². The number of ether oxygens (including phenoxy) is 1. The molecule has 0 bridgehead atoms. The van der Waals surface area contributed by atoms with Crippen molar-refractivity contribution in [2.75, 3.05) is 0 Å². The summed E-state index contributed by atoms with van der Waals surface area (Å²) in [6, 6.07) is 7.74. The maximum absolute atomic E-state index is 11.6. The standard InChI is InChI=1S/C13H15NO5/c15-12(16)11(10-6-7-10)14(18)13(17)19-8-9-4-2-1-3-5-9/h1-5,10-11,18H,6-8H2,(H,15,16). The van der Waals surface area contributed by atoms with Gasteiger partial charge in [0.1, 0.15) is 6.61 Å². The molecule has 0 saturated heterocycles. The Morgan fingerprint density at radius 2 is 1.95 bits per heavy atom. The highest BCUT2D eigenvalue weighted by Crippen LogP contribution is 2.35. The zero-order valence-electron chi connectivity index (χ0n) is 10.2. The molecule has 1 atom stereocenters. The molecular formula is C13H15NO5. The van der Waals surface area contributed by atoms with E-state index in [0.29, 0.717) is 12.8 Å². The molecule has 2 N–H and O–H groups in total. The molecule has 0 aromatic heterocycles. The molecule has 1 amide bonds. The van der Waals surface area contributed by atoms with Crippen LogP contribution in [0.25, 0.3) is 0 Å². The van der Waals surface area contributed by atoms with E-state index >= 15 is 0 Å². The molecule has 1 aliphatic carbocycles. The average Bonchev–Trinajstić information content (AvgIpc) is 3.21. The van der Waals surface area contributed by atoms with Gasteiger partial charge in [-0.05, 0) is 24.3 Å². The number of amides is 1. The van der Waals surface area contributed by atoms with Gasteiger partial charge in [0.15, 0.2) is 6.04 Å². The fourth-order valence-corrected chi connectivity index (χ4v) is 1.82. The Bertz CT molecular complexity index is 457. The van der Waals surface area contributed by atoms with Gasteiger partial charge in [-0.15, -0.1) is 0 Å². The molecule has 0 heterocycles. The first kappa shape index (κ1) is 13.4. The number of hydrogen-bond acceptors (Lipinski definition) is 4. The van der Waals surface area contributed by atoms with Crippen LogP contribution >= 0.6 is 0 Å². The van der Waals surface area contributed by atoms with Gasteiger partial charge >= 0.3 is 12.1 Å². The highest BCUT2D eigenvalue weighted by atomic mass is 16.6. The maximum Gasteiger partial charge on any atom is 0.434 e. The Kier molecular flexibility index (Phi) is 4.01. The SMILES string of the molecule is O=C(O)C(C1CC1)N(O)C(=O)OCc1ccccc1. The van der Waals surface area contributed by atoms with Crippen LogP contribution in [-0.2, 0) is 16.1 Å². The van der Waals surface area contributed by atoms with E-state index in [2.05, 4.69) is 0 Å². The lowest BCUT2D eigenvalue weighted by molar-refractivity contribution is -0.163. The number of carboxylic acid groups (broad SMARTS) is 1. The molecule has 1 unspecified atom stereocenters. The fourth-order valence-electron chi connectivity index (χ4n) is 1.82. The van der Waals surface area contributed by atoms with E-state index in [9.17, 15) is 14.8 Å². The number of nitrogens with zero attached hydrogens (tertiary/aromatic N) is 1. The van der Waals surface area contributed by atoms with Gasteiger partial charge in [-0.25, -0.2) is 9.59 Å². The molecule has 102 valence electrons. The Morgan fingerprint density at radius 3 is 2.47 bits per heavy atom. The average molecular weight is 265 g/mol. The number of hydroxylamine groups is 2. The number of benzene rings is 1. The monoisotopic (exact) mass is 265 g/mol. The van der Waals surface area contributed by atoms with Gasteiger partial charge in [-0.2, -0.15) is 5.06 Å². The lowest BCUT2D eigenvalue weighted by atomic mass is 10.2. The fraction of sp³-hybridized carbons (Fsp3) is 0.385. The first-order valence-electron chi connectivity index (χ1n) is 6.01. The van der Waals surface area contributed by atoms with Crippen molar-refractivity contribution in [2.24, 2.45) is 5.92 Å². The van der Waals surface area contributed by atoms with E-state index in [-0.39, 0.29) is 17.6 Å². The number of rotatable bonds is 5. The zero-order valence-corrected chi connectivity index (χ0v) is 10.2. The molecule has 1 saturated carbocycles. The third-order valence-electron chi connectivity index (χ3n) is 2.98. The van der Waals surface area contributed by atoms with Crippen molar-refractivity contribution in [3.05, 3.63) is 35.9 Å². The molecule has 19 heavy (non-hydrogen) atoms. The summed E-state index contributed by atoms with van der Waals surface area (Å²) in [7, 11) is 0. The van der Waals surface area contributed by atoms with E-state index in [0.717, 1.165) is 5.56 Å². The van der Waals surface area contributed by atoms with E-state index in [4.69, 9.17) is 9.84 Å². The Balaban J connectivity index is 1.90. The first-order chi connectivity index (χ1) is 9.09. The third kappa shape index (κ3) is 3.45. The van der Waals surface area contributed by atoms with Gasteiger partial charge in [0.2, 0.25) is 0 Å². The number of carboxylic acids is 1. The molecule has 2 rings (SSSR count). The third-order valence-corrected chi connectivity index (χ3v) is 2.98. The summed E-state index contributed by atoms with van der Waals surface area (Å²) in [4.78, 5) is 22.6. The van der Waals surface area contributed by atoms with E-state index in [1.165, 1.54) is 0 Å². The predicted octanol–water partition coefficient (Wildman–Crippen LogP) is 1.88. The summed E-state index contributed by atoms with van der Waals surface area (Å²) in [5.41, 5.74) is 0.766. The van der Waals surface area contributed by atoms with Gasteiger partial charge in [0, 0.05) is 0 Å². The van der Waals surface area contributed by atoms with Crippen molar-refractivity contribution in [3.8, 4) is 0 Å². The molecule has 1 aromatic rings. The number of carbonyl (C=O) groups is 2. The van der Waals surface area contributed by atoms with Crippen LogP contribution < -0.4 is 0 Å². The lowest BCUT2D eigenvalue weighted by Gasteiger charge is -2.21. The van der Waals surface area contributed by atoms with Crippen LogP contribution in [0.3, 0.4) is 0 Å². The maximum atomic E-state index is 11.6. The van der Waals surface area contributed by atoms with Crippen molar-refractivity contribution < 1.29 is 24.6 Å². The van der Waals surface area contributed by atoms with Gasteiger partial charge < -0.3 is 9.84 Å². The largest absolute Gasteiger partial charge is 0.480 e. The van der Waals surface area contributed by atoms with Gasteiger partial charge in [0.05, 0.1) is 0 Å². The van der Waals surface area contributed by atoms with Crippen LogP contribution in [-0.4, -0.2) is 33.5 Å². The summed E-state index contributed by atoms with van der Waals surface area (Å²) in [5, 5.41) is 18.8. The topological polar surface area (TPSA) is 87.1 Å². The van der Waals surface area contributed by atoms with E-state index in [1.807, 2.05) is 6.07 Å². The highest BCUT2D eigenvalue weighted by molar-refractivity contribution is 5.79. The van der Waals surface area contributed by atoms with Crippen LogP contribution in [0.4, 0.5) is 4.79 Å². The van der Waals surface area contributed by atoms with Crippen LogP contribution in [0.15, 0.2) is 30.3 Å². The smallest absolute Gasteiger partial charge is 0.434 e. The summed E-state index contributed by atoms with van der Waals surface area (Å²) in [6.45, 7) is -0.00621. The van der Waals surface area contributed by atoms with Crippen LogP contribution in [0, 0.1) is 5.92 Å². The minimum atomic E-state index is -1.22. The normalized spacial score (nSPS) is 15.6. The van der Waals surface area contributed by atoms with Crippen molar-refractivity contribution in [2.45, 2.75) is 25.5 Å². The van der Waals surface area contributed by atoms with Gasteiger partial charge in [-0.1, -0.05) is 30.3 Å². The number of aliphatic carboxylic acids is 1. The summed E-state index contributed by atoms with van der Waals surface area (Å²) in [5.74, 6) is -1.41. The van der Waals surface area contributed by atoms with Crippen molar-refractivity contribution >= 4 is 12.1 Å². The number of carbonyl (C=O) groups excluding carboxylic acids is 1. The minimum Gasteiger partial charge on any atom is -0.480 e. The molecule has 6 heteroatoms. The molecule has 0 spiro atoms. The second-order valence-corrected chi connectivity index (χ2v) is 4.51. The summed E-state index contributed by atoms with van der Waals surface area (Å²) < 4.78 is 4.87. The molecule has 1 fully saturated rings. The Morgan fingerprint density at radius 1 is 1.32 bits per heavy atom. The Hall–Kier alpha value is -2.08. The minimum absolute atomic E-state index is 0.00621. The molecule has 6 nitrogen and oxygen atoms in total. The van der Waals surface area contributed by atoms with Crippen LogP contribution in [0.2, 0.25) is 0 Å². The molecule has 1 aromatic carbocycles. The number of hydrogen-bond donors (Lipinski definition) is 2. The lowest BCUT2D eigenvalue weighted by Crippen LogP contribution is -2.44. The van der Waals surface area contributed by atoms with Gasteiger partial charge in [-0.3, -0.25) is 5.21 Å². The first-order valence-corrected chi connectivity index (χ1v) is 6.01. The Labute approximate surface area is 110 Å². The summed E-state index contributed by atoms with van der Waals surface area (Å²) in [6.07, 6.45) is 0.350. The van der Waals surface area contributed by atoms with Crippen LogP contribution in [0.1, 0.15) is 18.4 Å².